The summed E-state index contributed by atoms with van der Waals surface area (Å²) < 4.78 is 4.82. The van der Waals surface area contributed by atoms with Crippen molar-refractivity contribution in [3.8, 4) is 33.4 Å². The number of hydrogen-bond donors (Lipinski definition) is 0. The Morgan fingerprint density at radius 3 is 1.49 bits per heavy atom. The van der Waals surface area contributed by atoms with E-state index in [1.807, 2.05) is 0 Å². The number of halogens is 1. The van der Waals surface area contributed by atoms with Crippen molar-refractivity contribution in [2.24, 2.45) is 7.05 Å². The highest BCUT2D eigenvalue weighted by atomic mass is 127. The predicted octanol–water partition coefficient (Wildman–Crippen LogP) is 18.3. The standard InChI is InChI=1S/C71H45IN2/c1-73-65-40-48-19-10-8-17-46(48)38-58(65)55-35-36-63-68(69(55)73)56-28-13-15-30-62(56)70(63,50-22-4-2-5-23-50)52-33-31-44(32-34-52)45-21-16-26-53(37-45)71(51-24-6-3-7-25-51)61-29-14-12-27-54(61)57-42-60-59-39-47-18-9-11-20-49(47)41-66(59)74(72)67(60)43-64(57)71/h2-43H,1H3. The first-order chi connectivity index (χ1) is 36.5. The van der Waals surface area contributed by atoms with Gasteiger partial charge in [0.2, 0.25) is 0 Å². The van der Waals surface area contributed by atoms with Crippen LogP contribution in [0.5, 0.6) is 0 Å². The smallest absolute Gasteiger partial charge is 0.0714 e. The molecule has 16 rings (SSSR count). The first kappa shape index (κ1) is 42.0. The third-order valence-electron chi connectivity index (χ3n) is 17.1. The monoisotopic (exact) mass is 1050 g/mol. The van der Waals surface area contributed by atoms with E-state index < -0.39 is 10.8 Å². The second-order valence-electron chi connectivity index (χ2n) is 20.6. The van der Waals surface area contributed by atoms with Crippen molar-refractivity contribution in [3.63, 3.8) is 0 Å². The largest absolute Gasteiger partial charge is 0.343 e. The zero-order valence-corrected chi connectivity index (χ0v) is 42.7. The summed E-state index contributed by atoms with van der Waals surface area (Å²) >= 11 is 2.53. The molecule has 2 atom stereocenters. The molecule has 0 fully saturated rings. The maximum atomic E-state index is 2.53. The van der Waals surface area contributed by atoms with Gasteiger partial charge < -0.3 is 4.57 Å². The summed E-state index contributed by atoms with van der Waals surface area (Å²) in [5.41, 5.74) is 21.7. The van der Waals surface area contributed by atoms with Gasteiger partial charge >= 0.3 is 0 Å². The summed E-state index contributed by atoms with van der Waals surface area (Å²) in [6, 6.07) is 96.4. The maximum Gasteiger partial charge on any atom is 0.0714 e. The molecule has 0 aliphatic heterocycles. The molecule has 3 heteroatoms. The average Bonchev–Trinajstić information content (AvgIpc) is 4.15. The molecule has 0 radical (unpaired) electrons. The molecule has 0 saturated carbocycles. The van der Waals surface area contributed by atoms with E-state index in [1.165, 1.54) is 143 Å². The van der Waals surface area contributed by atoms with E-state index in [4.69, 9.17) is 0 Å². The normalized spacial score (nSPS) is 16.6. The summed E-state index contributed by atoms with van der Waals surface area (Å²) in [5, 5.41) is 10.2. The van der Waals surface area contributed by atoms with Crippen LogP contribution in [0.15, 0.2) is 255 Å². The minimum Gasteiger partial charge on any atom is -0.343 e. The van der Waals surface area contributed by atoms with Crippen molar-refractivity contribution in [1.29, 1.82) is 0 Å². The summed E-state index contributed by atoms with van der Waals surface area (Å²) in [4.78, 5) is 0. The van der Waals surface area contributed by atoms with Crippen molar-refractivity contribution < 1.29 is 0 Å². The van der Waals surface area contributed by atoms with Gasteiger partial charge in [-0.25, -0.2) is 0 Å². The first-order valence-corrected chi connectivity index (χ1v) is 26.6. The van der Waals surface area contributed by atoms with Crippen LogP contribution in [0.4, 0.5) is 0 Å². The number of hydrogen-bond acceptors (Lipinski definition) is 0. The highest BCUT2D eigenvalue weighted by Crippen LogP contribution is 2.60. The lowest BCUT2D eigenvalue weighted by molar-refractivity contribution is 0.768. The van der Waals surface area contributed by atoms with E-state index in [0.717, 1.165) is 0 Å². The van der Waals surface area contributed by atoms with Crippen molar-refractivity contribution in [2.45, 2.75) is 10.8 Å². The number of nitrogens with zero attached hydrogens (tertiary/aromatic N) is 2. The SMILES string of the molecule is Cn1c2cc3ccccc3cc2c2ccc3c(c21)-c1ccccc1C3(c1ccccc1)c1ccc(-c2cccc(C3(c4ccccc4)c4ccccc4-c4cc5c6cc7ccccc7cc6n(I)c5cc43)c2)cc1. The molecular weight excluding hydrogens is 1010 g/mol. The molecule has 0 N–H and O–H groups in total. The van der Waals surface area contributed by atoms with E-state index in [2.05, 4.69) is 292 Å². The first-order valence-electron chi connectivity index (χ1n) is 25.7. The Labute approximate surface area is 442 Å². The van der Waals surface area contributed by atoms with Gasteiger partial charge in [0.25, 0.3) is 0 Å². The lowest BCUT2D eigenvalue weighted by atomic mass is 9.67. The van der Waals surface area contributed by atoms with Crippen LogP contribution in [-0.4, -0.2) is 7.35 Å². The number of aromatic nitrogens is 2. The fraction of sp³-hybridized carbons (Fsp3) is 0.0423. The fourth-order valence-corrected chi connectivity index (χ4v) is 14.8. The molecule has 0 saturated heterocycles. The van der Waals surface area contributed by atoms with Crippen molar-refractivity contribution >= 4 is 88.0 Å². The number of aryl methyl sites for hydroxylation is 1. The Balaban J connectivity index is 0.890. The quantitative estimate of drug-likeness (QED) is 0.152. The Hall–Kier alpha value is -8.51. The topological polar surface area (TPSA) is 9.86 Å². The second kappa shape index (κ2) is 15.5. The summed E-state index contributed by atoms with van der Waals surface area (Å²) in [6.07, 6.45) is 0. The number of fused-ring (bicyclic) bond motifs is 15. The van der Waals surface area contributed by atoms with Crippen LogP contribution in [0, 0.1) is 0 Å². The van der Waals surface area contributed by atoms with Gasteiger partial charge in [-0.3, -0.25) is 2.78 Å². The Kier molecular flexibility index (Phi) is 8.81. The zero-order valence-electron chi connectivity index (χ0n) is 40.5. The average molecular weight is 1050 g/mol. The minimum atomic E-state index is -0.566. The minimum absolute atomic E-state index is 0.545. The molecule has 14 aromatic rings. The van der Waals surface area contributed by atoms with Crippen LogP contribution in [0.3, 0.4) is 0 Å². The van der Waals surface area contributed by atoms with Crippen molar-refractivity contribution in [1.82, 2.24) is 7.35 Å². The summed E-state index contributed by atoms with van der Waals surface area (Å²) in [5.74, 6) is 0. The third-order valence-corrected chi connectivity index (χ3v) is 18.2. The Morgan fingerprint density at radius 1 is 0.311 bits per heavy atom. The van der Waals surface area contributed by atoms with E-state index in [1.54, 1.807) is 0 Å². The molecule has 0 amide bonds. The van der Waals surface area contributed by atoms with Gasteiger partial charge in [-0.15, -0.1) is 0 Å². The molecule has 74 heavy (non-hydrogen) atoms. The molecule has 0 spiro atoms. The Bertz CT molecular complexity index is 4680. The van der Waals surface area contributed by atoms with Gasteiger partial charge in [0.05, 0.1) is 50.2 Å². The second-order valence-corrected chi connectivity index (χ2v) is 21.5. The van der Waals surface area contributed by atoms with E-state index in [0.29, 0.717) is 0 Å². The lowest BCUT2D eigenvalue weighted by Crippen LogP contribution is -2.28. The Morgan fingerprint density at radius 2 is 0.811 bits per heavy atom. The van der Waals surface area contributed by atoms with Crippen LogP contribution in [-0.2, 0) is 17.9 Å². The van der Waals surface area contributed by atoms with E-state index in [-0.39, 0.29) is 0 Å². The van der Waals surface area contributed by atoms with E-state index >= 15 is 0 Å². The molecule has 2 heterocycles. The summed E-state index contributed by atoms with van der Waals surface area (Å²) in [6.45, 7) is 0. The molecule has 2 aliphatic rings. The van der Waals surface area contributed by atoms with Gasteiger partial charge in [-0.05, 0) is 136 Å². The van der Waals surface area contributed by atoms with Crippen LogP contribution in [0.1, 0.15) is 44.5 Å². The molecule has 2 unspecified atom stereocenters. The fourth-order valence-electron chi connectivity index (χ4n) is 14.0. The van der Waals surface area contributed by atoms with Gasteiger partial charge in [-0.2, -0.15) is 0 Å². The highest BCUT2D eigenvalue weighted by molar-refractivity contribution is 14.1. The van der Waals surface area contributed by atoms with Crippen LogP contribution < -0.4 is 0 Å². The van der Waals surface area contributed by atoms with Gasteiger partial charge in [0, 0.05) is 39.7 Å². The molecule has 2 aliphatic carbocycles. The van der Waals surface area contributed by atoms with Crippen LogP contribution in [0.25, 0.3) is 98.5 Å². The molecule has 346 valence electrons. The number of rotatable bonds is 5. The van der Waals surface area contributed by atoms with Crippen molar-refractivity contribution in [3.05, 3.63) is 299 Å². The third kappa shape index (κ3) is 5.49. The molecule has 0 bridgehead atoms. The zero-order chi connectivity index (χ0) is 48.9. The molecule has 2 aromatic heterocycles. The molecular formula is C71H45IN2. The van der Waals surface area contributed by atoms with Crippen molar-refractivity contribution in [2.75, 3.05) is 0 Å². The molecule has 2 nitrogen and oxygen atoms in total. The summed E-state index contributed by atoms with van der Waals surface area (Å²) in [7, 11) is 2.25. The number of benzene rings is 12. The highest BCUT2D eigenvalue weighted by Gasteiger charge is 2.48. The maximum absolute atomic E-state index is 2.53. The predicted molar refractivity (Wildman–Crippen MR) is 318 cm³/mol. The van der Waals surface area contributed by atoms with Gasteiger partial charge in [-0.1, -0.05) is 212 Å². The molecule has 12 aromatic carbocycles. The lowest BCUT2D eigenvalue weighted by Gasteiger charge is -2.34. The van der Waals surface area contributed by atoms with Crippen LogP contribution >= 0.6 is 22.9 Å². The van der Waals surface area contributed by atoms with Gasteiger partial charge in [0.1, 0.15) is 0 Å². The van der Waals surface area contributed by atoms with Gasteiger partial charge in [0.15, 0.2) is 0 Å². The van der Waals surface area contributed by atoms with Crippen LogP contribution in [0.2, 0.25) is 0 Å². The van der Waals surface area contributed by atoms with E-state index in [9.17, 15) is 0 Å².